The van der Waals surface area contributed by atoms with Gasteiger partial charge in [-0.3, -0.25) is 4.79 Å². The predicted molar refractivity (Wildman–Crippen MR) is 79.2 cm³/mol. The lowest BCUT2D eigenvalue weighted by atomic mass is 9.69. The van der Waals surface area contributed by atoms with E-state index >= 15 is 0 Å². The molecule has 1 aliphatic carbocycles. The number of rotatable bonds is 3. The Hall–Kier alpha value is -2.02. The molecule has 0 aliphatic heterocycles. The largest absolute Gasteiger partial charge is 0.469 e. The minimum Gasteiger partial charge on any atom is -0.469 e. The third-order valence-corrected chi connectivity index (χ3v) is 3.37. The predicted octanol–water partition coefficient (Wildman–Crippen LogP) is 3.28. The molecule has 0 amide bonds. The normalized spacial score (nSPS) is 23.4. The molecule has 1 N–H and O–H groups in total. The number of ether oxygens (including phenoxy) is 1. The van der Waals surface area contributed by atoms with E-state index in [0.29, 0.717) is 12.8 Å². The summed E-state index contributed by atoms with van der Waals surface area (Å²) in [5.74, 6) is -0.390. The summed E-state index contributed by atoms with van der Waals surface area (Å²) in [5.41, 5.74) is 1.45. The summed E-state index contributed by atoms with van der Waals surface area (Å²) in [5, 5.41) is 12.5. The SMILES string of the molecule is CC.COC(=O)C1CC(C#N)(Nc2ccc(C)cc2)C1. The molecule has 1 fully saturated rings. The van der Waals surface area contributed by atoms with Crippen molar-refractivity contribution in [3.63, 3.8) is 0 Å². The Morgan fingerprint density at radius 2 is 1.90 bits per heavy atom. The Labute approximate surface area is 120 Å². The fraction of sp³-hybridized carbons (Fsp3) is 0.500. The monoisotopic (exact) mass is 274 g/mol. The van der Waals surface area contributed by atoms with Gasteiger partial charge < -0.3 is 10.1 Å². The van der Waals surface area contributed by atoms with Crippen molar-refractivity contribution in [2.45, 2.75) is 39.2 Å². The molecule has 1 aliphatic rings. The van der Waals surface area contributed by atoms with Crippen LogP contribution in [0.1, 0.15) is 32.3 Å². The first-order chi connectivity index (χ1) is 9.58. The molecule has 1 aromatic carbocycles. The van der Waals surface area contributed by atoms with E-state index in [1.165, 1.54) is 12.7 Å². The van der Waals surface area contributed by atoms with Crippen molar-refractivity contribution < 1.29 is 9.53 Å². The maximum Gasteiger partial charge on any atom is 0.308 e. The fourth-order valence-electron chi connectivity index (χ4n) is 2.25. The molecular weight excluding hydrogens is 252 g/mol. The first-order valence-corrected chi connectivity index (χ1v) is 6.92. The highest BCUT2D eigenvalue weighted by Crippen LogP contribution is 2.40. The van der Waals surface area contributed by atoms with Gasteiger partial charge in [0.05, 0.1) is 19.1 Å². The minimum atomic E-state index is -0.631. The molecule has 4 nitrogen and oxygen atoms in total. The van der Waals surface area contributed by atoms with Crippen LogP contribution in [0.5, 0.6) is 0 Å². The molecule has 0 unspecified atom stereocenters. The Morgan fingerprint density at radius 3 is 2.35 bits per heavy atom. The lowest BCUT2D eigenvalue weighted by molar-refractivity contribution is -0.149. The Balaban J connectivity index is 0.000000956. The molecule has 1 saturated carbocycles. The smallest absolute Gasteiger partial charge is 0.308 e. The van der Waals surface area contributed by atoms with Crippen molar-refractivity contribution >= 4 is 11.7 Å². The number of nitriles is 1. The van der Waals surface area contributed by atoms with Gasteiger partial charge in [0, 0.05) is 5.69 Å². The van der Waals surface area contributed by atoms with Gasteiger partial charge in [-0.15, -0.1) is 0 Å². The maximum atomic E-state index is 11.3. The van der Waals surface area contributed by atoms with Crippen LogP contribution in [-0.4, -0.2) is 18.6 Å². The van der Waals surface area contributed by atoms with Crippen LogP contribution in [0.2, 0.25) is 0 Å². The maximum absolute atomic E-state index is 11.3. The van der Waals surface area contributed by atoms with E-state index in [1.54, 1.807) is 0 Å². The van der Waals surface area contributed by atoms with E-state index in [4.69, 9.17) is 0 Å². The second-order valence-corrected chi connectivity index (χ2v) is 4.81. The zero-order valence-electron chi connectivity index (χ0n) is 12.6. The van der Waals surface area contributed by atoms with Crippen molar-refractivity contribution in [3.8, 4) is 6.07 Å². The Bertz CT molecular complexity index is 482. The molecule has 0 saturated heterocycles. The van der Waals surface area contributed by atoms with Crippen LogP contribution in [0.4, 0.5) is 5.69 Å². The number of nitrogens with zero attached hydrogens (tertiary/aromatic N) is 1. The number of carbonyl (C=O) groups is 1. The van der Waals surface area contributed by atoms with Crippen LogP contribution >= 0.6 is 0 Å². The lowest BCUT2D eigenvalue weighted by Gasteiger charge is -2.42. The average Bonchev–Trinajstić information content (AvgIpc) is 2.46. The lowest BCUT2D eigenvalue weighted by Crippen LogP contribution is -2.51. The highest BCUT2D eigenvalue weighted by molar-refractivity contribution is 5.75. The molecule has 1 aromatic rings. The number of methoxy groups -OCH3 is 1. The van der Waals surface area contributed by atoms with Crippen LogP contribution in [0, 0.1) is 24.2 Å². The van der Waals surface area contributed by atoms with Crippen LogP contribution in [0.25, 0.3) is 0 Å². The molecular formula is C16H22N2O2. The van der Waals surface area contributed by atoms with Crippen molar-refractivity contribution in [2.24, 2.45) is 5.92 Å². The third kappa shape index (κ3) is 3.51. The van der Waals surface area contributed by atoms with E-state index in [-0.39, 0.29) is 11.9 Å². The van der Waals surface area contributed by atoms with Crippen molar-refractivity contribution in [1.29, 1.82) is 5.26 Å². The van der Waals surface area contributed by atoms with E-state index in [2.05, 4.69) is 16.1 Å². The Kier molecular flexibility index (Phi) is 5.57. The zero-order chi connectivity index (χ0) is 15.2. The summed E-state index contributed by atoms with van der Waals surface area (Å²) < 4.78 is 4.68. The van der Waals surface area contributed by atoms with Crippen LogP contribution in [0.3, 0.4) is 0 Å². The van der Waals surface area contributed by atoms with Gasteiger partial charge in [0.2, 0.25) is 0 Å². The van der Waals surface area contributed by atoms with Crippen molar-refractivity contribution in [1.82, 2.24) is 0 Å². The third-order valence-electron chi connectivity index (χ3n) is 3.37. The summed E-state index contributed by atoms with van der Waals surface area (Å²) in [6.45, 7) is 6.01. The number of anilines is 1. The number of aryl methyl sites for hydroxylation is 1. The van der Waals surface area contributed by atoms with Gasteiger partial charge in [0.1, 0.15) is 5.54 Å². The Morgan fingerprint density at radius 1 is 1.35 bits per heavy atom. The van der Waals surface area contributed by atoms with Gasteiger partial charge in [-0.2, -0.15) is 5.26 Å². The van der Waals surface area contributed by atoms with Crippen LogP contribution in [0.15, 0.2) is 24.3 Å². The standard InChI is InChI=1S/C14H16N2O2.C2H6/c1-10-3-5-12(6-4-10)16-14(9-15)7-11(8-14)13(17)18-2;1-2/h3-6,11,16H,7-8H2,1-2H3;1-2H3. The molecule has 20 heavy (non-hydrogen) atoms. The molecule has 0 aromatic heterocycles. The number of esters is 1. The van der Waals surface area contributed by atoms with Gasteiger partial charge in [0.15, 0.2) is 0 Å². The number of carbonyl (C=O) groups excluding carboxylic acids is 1. The summed E-state index contributed by atoms with van der Waals surface area (Å²) in [6, 6.07) is 10.1. The summed E-state index contributed by atoms with van der Waals surface area (Å²) in [4.78, 5) is 11.3. The average molecular weight is 274 g/mol. The quantitative estimate of drug-likeness (QED) is 0.859. The first-order valence-electron chi connectivity index (χ1n) is 6.92. The number of benzene rings is 1. The molecule has 0 bridgehead atoms. The fourth-order valence-corrected chi connectivity index (χ4v) is 2.25. The molecule has 108 valence electrons. The summed E-state index contributed by atoms with van der Waals surface area (Å²) in [6.07, 6.45) is 1.01. The molecule has 0 spiro atoms. The number of hydrogen-bond acceptors (Lipinski definition) is 4. The van der Waals surface area contributed by atoms with Crippen molar-refractivity contribution in [3.05, 3.63) is 29.8 Å². The summed E-state index contributed by atoms with van der Waals surface area (Å²) in [7, 11) is 1.38. The number of nitrogens with one attached hydrogen (secondary N) is 1. The second-order valence-electron chi connectivity index (χ2n) is 4.81. The topological polar surface area (TPSA) is 62.1 Å². The number of hydrogen-bond donors (Lipinski definition) is 1. The summed E-state index contributed by atoms with van der Waals surface area (Å²) >= 11 is 0. The van der Waals surface area contributed by atoms with Gasteiger partial charge in [-0.05, 0) is 31.9 Å². The van der Waals surface area contributed by atoms with Crippen LogP contribution < -0.4 is 5.32 Å². The van der Waals surface area contributed by atoms with E-state index < -0.39 is 5.54 Å². The van der Waals surface area contributed by atoms with Crippen molar-refractivity contribution in [2.75, 3.05) is 12.4 Å². The molecule has 0 atom stereocenters. The highest BCUT2D eigenvalue weighted by Gasteiger charge is 2.48. The molecule has 0 heterocycles. The first kappa shape index (κ1) is 16.0. The minimum absolute atomic E-state index is 0.160. The van der Waals surface area contributed by atoms with E-state index in [0.717, 1.165) is 5.69 Å². The van der Waals surface area contributed by atoms with E-state index in [9.17, 15) is 10.1 Å². The van der Waals surface area contributed by atoms with Gasteiger partial charge in [-0.25, -0.2) is 0 Å². The van der Waals surface area contributed by atoms with Gasteiger partial charge in [-0.1, -0.05) is 31.5 Å². The zero-order valence-corrected chi connectivity index (χ0v) is 12.6. The van der Waals surface area contributed by atoms with Crippen LogP contribution in [-0.2, 0) is 9.53 Å². The van der Waals surface area contributed by atoms with Gasteiger partial charge in [0.25, 0.3) is 0 Å². The highest BCUT2D eigenvalue weighted by atomic mass is 16.5. The second kappa shape index (κ2) is 6.95. The molecule has 2 rings (SSSR count). The van der Waals surface area contributed by atoms with Gasteiger partial charge >= 0.3 is 5.97 Å². The molecule has 0 radical (unpaired) electrons. The van der Waals surface area contributed by atoms with E-state index in [1.807, 2.05) is 45.0 Å². The molecule has 4 heteroatoms.